The van der Waals surface area contributed by atoms with Gasteiger partial charge in [0.25, 0.3) is 0 Å². The lowest BCUT2D eigenvalue weighted by atomic mass is 10.1. The lowest BCUT2D eigenvalue weighted by molar-refractivity contribution is -0.129. The first-order chi connectivity index (χ1) is 10.3. The van der Waals surface area contributed by atoms with Crippen LogP contribution < -0.4 is 0 Å². The summed E-state index contributed by atoms with van der Waals surface area (Å²) in [5.74, 6) is 1.18. The number of hydrogen-bond donors (Lipinski definition) is 0. The van der Waals surface area contributed by atoms with Gasteiger partial charge in [-0.05, 0) is 30.5 Å². The summed E-state index contributed by atoms with van der Waals surface area (Å²) in [4.78, 5) is 24.6. The van der Waals surface area contributed by atoms with Crippen molar-refractivity contribution < 1.29 is 14.0 Å². The Morgan fingerprint density at radius 3 is 2.43 bits per heavy atom. The van der Waals surface area contributed by atoms with Crippen molar-refractivity contribution in [1.29, 1.82) is 0 Å². The van der Waals surface area contributed by atoms with Crippen LogP contribution in [0.15, 0.2) is 40.8 Å². The van der Waals surface area contributed by atoms with Crippen LogP contribution in [0, 0.1) is 0 Å². The van der Waals surface area contributed by atoms with Crippen molar-refractivity contribution in [2.24, 2.45) is 0 Å². The van der Waals surface area contributed by atoms with Crippen molar-refractivity contribution in [3.63, 3.8) is 0 Å². The number of carbonyl (C=O) groups excluding carboxylic acids is 2. The molecule has 0 saturated carbocycles. The normalized spacial score (nSPS) is 14.4. The lowest BCUT2D eigenvalue weighted by Crippen LogP contribution is -2.28. The molecular formula is C17H17NO3. The largest absolute Gasteiger partial charge is 0.453 e. The first kappa shape index (κ1) is 13.6. The molecule has 1 saturated heterocycles. The summed E-state index contributed by atoms with van der Waals surface area (Å²) in [5, 5.41) is 0. The van der Waals surface area contributed by atoms with E-state index in [2.05, 4.69) is 0 Å². The zero-order valence-corrected chi connectivity index (χ0v) is 11.7. The number of aldehydes is 1. The fraction of sp³-hybridized carbons (Fsp3) is 0.294. The van der Waals surface area contributed by atoms with Crippen molar-refractivity contribution >= 4 is 12.2 Å². The zero-order chi connectivity index (χ0) is 14.7. The highest BCUT2D eigenvalue weighted by Crippen LogP contribution is 2.22. The van der Waals surface area contributed by atoms with Crippen LogP contribution in [0.5, 0.6) is 0 Å². The number of amides is 1. The summed E-state index contributed by atoms with van der Waals surface area (Å²) in [6, 6.07) is 11.1. The first-order valence-electron chi connectivity index (χ1n) is 7.18. The summed E-state index contributed by atoms with van der Waals surface area (Å²) in [6.45, 7) is 1.77. The van der Waals surface area contributed by atoms with Gasteiger partial charge in [0.15, 0.2) is 12.0 Å². The molecule has 4 nitrogen and oxygen atoms in total. The summed E-state index contributed by atoms with van der Waals surface area (Å²) in [7, 11) is 0. The minimum atomic E-state index is 0.196. The average molecular weight is 283 g/mol. The van der Waals surface area contributed by atoms with Gasteiger partial charge in [0.1, 0.15) is 5.76 Å². The Morgan fingerprint density at radius 2 is 1.81 bits per heavy atom. The summed E-state index contributed by atoms with van der Waals surface area (Å²) in [6.07, 6.45) is 3.36. The van der Waals surface area contributed by atoms with Gasteiger partial charge >= 0.3 is 0 Å². The highest BCUT2D eigenvalue weighted by molar-refractivity contribution is 5.79. The van der Waals surface area contributed by atoms with Gasteiger partial charge in [0.05, 0.1) is 6.42 Å². The molecule has 1 aliphatic heterocycles. The fourth-order valence-corrected chi connectivity index (χ4v) is 2.61. The molecule has 0 aliphatic carbocycles. The Labute approximate surface area is 123 Å². The van der Waals surface area contributed by atoms with E-state index in [-0.39, 0.29) is 5.91 Å². The third kappa shape index (κ3) is 3.05. The predicted octanol–water partition coefficient (Wildman–Crippen LogP) is 2.92. The quantitative estimate of drug-likeness (QED) is 0.811. The van der Waals surface area contributed by atoms with Gasteiger partial charge in [0.2, 0.25) is 5.91 Å². The average Bonchev–Trinajstić information content (AvgIpc) is 3.19. The first-order valence-corrected chi connectivity index (χ1v) is 7.18. The van der Waals surface area contributed by atoms with Gasteiger partial charge in [-0.25, -0.2) is 0 Å². The van der Waals surface area contributed by atoms with Crippen molar-refractivity contribution in [1.82, 2.24) is 4.90 Å². The lowest BCUT2D eigenvalue weighted by Gasteiger charge is -2.15. The fourth-order valence-electron chi connectivity index (χ4n) is 2.61. The monoisotopic (exact) mass is 283 g/mol. The Morgan fingerprint density at radius 1 is 1.10 bits per heavy atom. The maximum Gasteiger partial charge on any atom is 0.226 e. The minimum Gasteiger partial charge on any atom is -0.453 e. The topological polar surface area (TPSA) is 50.5 Å². The van der Waals surface area contributed by atoms with Crippen LogP contribution in [-0.4, -0.2) is 30.2 Å². The molecule has 1 aromatic heterocycles. The van der Waals surface area contributed by atoms with Gasteiger partial charge in [0, 0.05) is 18.7 Å². The Bertz CT molecular complexity index is 636. The van der Waals surface area contributed by atoms with E-state index in [9.17, 15) is 9.59 Å². The number of carbonyl (C=O) groups is 2. The highest BCUT2D eigenvalue weighted by Gasteiger charge is 2.17. The molecule has 0 spiro atoms. The second kappa shape index (κ2) is 5.95. The molecule has 3 rings (SSSR count). The van der Waals surface area contributed by atoms with E-state index in [4.69, 9.17) is 4.42 Å². The highest BCUT2D eigenvalue weighted by atomic mass is 16.3. The molecule has 1 fully saturated rings. The molecule has 4 heteroatoms. The van der Waals surface area contributed by atoms with Crippen LogP contribution in [0.1, 0.15) is 29.0 Å². The van der Waals surface area contributed by atoms with Crippen LogP contribution in [0.2, 0.25) is 0 Å². The van der Waals surface area contributed by atoms with Crippen molar-refractivity contribution in [3.05, 3.63) is 47.7 Å². The summed E-state index contributed by atoms with van der Waals surface area (Å²) < 4.78 is 5.38. The van der Waals surface area contributed by atoms with Gasteiger partial charge < -0.3 is 9.32 Å². The van der Waals surface area contributed by atoms with Gasteiger partial charge in [-0.15, -0.1) is 0 Å². The summed E-state index contributed by atoms with van der Waals surface area (Å²) >= 11 is 0. The summed E-state index contributed by atoms with van der Waals surface area (Å²) in [5.41, 5.74) is 1.90. The minimum absolute atomic E-state index is 0.196. The second-order valence-corrected chi connectivity index (χ2v) is 5.28. The van der Waals surface area contributed by atoms with Crippen LogP contribution >= 0.6 is 0 Å². The molecule has 0 atom stereocenters. The Hall–Kier alpha value is -2.36. The number of likely N-dealkylation sites (tertiary alicyclic amines) is 1. The van der Waals surface area contributed by atoms with E-state index in [1.54, 1.807) is 12.1 Å². The molecule has 108 valence electrons. The Balaban J connectivity index is 1.68. The number of benzene rings is 1. The number of hydrogen-bond acceptors (Lipinski definition) is 3. The standard InChI is InChI=1S/C17H17NO3/c19-12-15-7-8-16(21-15)14-5-3-13(4-6-14)11-17(20)18-9-1-2-10-18/h3-8,12H,1-2,9-11H2. The van der Waals surface area contributed by atoms with Crippen LogP contribution in [0.4, 0.5) is 0 Å². The van der Waals surface area contributed by atoms with Crippen molar-refractivity contribution in [3.8, 4) is 11.3 Å². The van der Waals surface area contributed by atoms with Gasteiger partial charge in [-0.3, -0.25) is 9.59 Å². The van der Waals surface area contributed by atoms with Crippen molar-refractivity contribution in [2.75, 3.05) is 13.1 Å². The van der Waals surface area contributed by atoms with Crippen LogP contribution in [-0.2, 0) is 11.2 Å². The van der Waals surface area contributed by atoms with E-state index in [1.165, 1.54) is 0 Å². The third-order valence-corrected chi connectivity index (χ3v) is 3.80. The molecule has 0 bridgehead atoms. The molecule has 1 aliphatic rings. The van der Waals surface area contributed by atoms with E-state index in [0.717, 1.165) is 37.1 Å². The zero-order valence-electron chi connectivity index (χ0n) is 11.7. The molecule has 0 radical (unpaired) electrons. The van der Waals surface area contributed by atoms with E-state index >= 15 is 0 Å². The van der Waals surface area contributed by atoms with Crippen molar-refractivity contribution in [2.45, 2.75) is 19.3 Å². The molecule has 21 heavy (non-hydrogen) atoms. The SMILES string of the molecule is O=Cc1ccc(-c2ccc(CC(=O)N3CCCC3)cc2)o1. The molecule has 1 aromatic carbocycles. The predicted molar refractivity (Wildman–Crippen MR) is 79.0 cm³/mol. The smallest absolute Gasteiger partial charge is 0.226 e. The molecule has 0 unspecified atom stereocenters. The van der Waals surface area contributed by atoms with Gasteiger partial charge in [-0.1, -0.05) is 24.3 Å². The van der Waals surface area contributed by atoms with E-state index in [1.807, 2.05) is 29.2 Å². The number of rotatable bonds is 4. The van der Waals surface area contributed by atoms with Crippen LogP contribution in [0.25, 0.3) is 11.3 Å². The Kier molecular flexibility index (Phi) is 3.86. The molecule has 1 amide bonds. The van der Waals surface area contributed by atoms with Gasteiger partial charge in [-0.2, -0.15) is 0 Å². The van der Waals surface area contributed by atoms with E-state index in [0.29, 0.717) is 24.2 Å². The second-order valence-electron chi connectivity index (χ2n) is 5.28. The van der Waals surface area contributed by atoms with Crippen LogP contribution in [0.3, 0.4) is 0 Å². The molecular weight excluding hydrogens is 266 g/mol. The maximum absolute atomic E-state index is 12.1. The number of furan rings is 1. The third-order valence-electron chi connectivity index (χ3n) is 3.80. The number of nitrogens with zero attached hydrogens (tertiary/aromatic N) is 1. The van der Waals surface area contributed by atoms with E-state index < -0.39 is 0 Å². The molecule has 2 heterocycles. The maximum atomic E-state index is 12.1. The molecule has 2 aromatic rings. The molecule has 0 N–H and O–H groups in total.